The van der Waals surface area contributed by atoms with E-state index in [0.717, 1.165) is 12.8 Å². The van der Waals surface area contributed by atoms with Crippen LogP contribution in [0.3, 0.4) is 0 Å². The third-order valence-corrected chi connectivity index (χ3v) is 10.4. The largest absolute Gasteiger partial charge is 0.536 e. The molecule has 0 aliphatic rings. The molecular formula is C30H63FO3Si. The average Bonchev–Trinajstić information content (AvgIpc) is 2.87. The predicted octanol–water partition coefficient (Wildman–Crippen LogP) is 10.4. The molecule has 0 fully saturated rings. The fourth-order valence-corrected chi connectivity index (χ4v) is 7.18. The highest BCUT2D eigenvalue weighted by atomic mass is 28.4. The molecule has 35 heavy (non-hydrogen) atoms. The van der Waals surface area contributed by atoms with Gasteiger partial charge < -0.3 is 13.3 Å². The van der Waals surface area contributed by atoms with Crippen LogP contribution in [0.4, 0.5) is 4.39 Å². The summed E-state index contributed by atoms with van der Waals surface area (Å²) in [6.07, 6.45) is 29.8. The molecule has 0 radical (unpaired) electrons. The minimum Gasteiger partial charge on any atom is -0.375 e. The molecular weight excluding hydrogens is 455 g/mol. The lowest BCUT2D eigenvalue weighted by Crippen LogP contribution is -2.53. The Morgan fingerprint density at radius 2 is 0.771 bits per heavy atom. The molecule has 5 heteroatoms. The van der Waals surface area contributed by atoms with Gasteiger partial charge in [0.1, 0.15) is 0 Å². The number of alkyl halides is 1. The van der Waals surface area contributed by atoms with Gasteiger partial charge in [0.05, 0.1) is 0 Å². The summed E-state index contributed by atoms with van der Waals surface area (Å²) in [7, 11) is 1.34. The fourth-order valence-electron chi connectivity index (χ4n) is 5.29. The maximum absolute atomic E-state index is 15.2. The van der Waals surface area contributed by atoms with Crippen molar-refractivity contribution in [2.45, 2.75) is 167 Å². The molecule has 0 aromatic rings. The van der Waals surface area contributed by atoms with Crippen LogP contribution in [-0.4, -0.2) is 35.9 Å². The molecule has 0 saturated carbocycles. The van der Waals surface area contributed by atoms with Crippen LogP contribution in [-0.2, 0) is 13.3 Å². The Balaban J connectivity index is 4.02. The summed E-state index contributed by atoms with van der Waals surface area (Å²) in [4.78, 5) is 0. The zero-order valence-electron chi connectivity index (χ0n) is 24.5. The highest BCUT2D eigenvalue weighted by molar-refractivity contribution is 6.62. The van der Waals surface area contributed by atoms with Crippen molar-refractivity contribution in [1.29, 1.82) is 0 Å². The second-order valence-electron chi connectivity index (χ2n) is 10.7. The quantitative estimate of drug-likeness (QED) is 0.0761. The molecule has 0 heterocycles. The van der Waals surface area contributed by atoms with Gasteiger partial charge in [0, 0.05) is 21.3 Å². The molecule has 0 amide bonds. The summed E-state index contributed by atoms with van der Waals surface area (Å²) < 4.78 is 31.4. The van der Waals surface area contributed by atoms with Crippen LogP contribution < -0.4 is 0 Å². The predicted molar refractivity (Wildman–Crippen MR) is 153 cm³/mol. The lowest BCUT2D eigenvalue weighted by Gasteiger charge is -2.30. The van der Waals surface area contributed by atoms with E-state index >= 15 is 4.39 Å². The monoisotopic (exact) mass is 518 g/mol. The van der Waals surface area contributed by atoms with Crippen molar-refractivity contribution in [2.24, 2.45) is 5.92 Å². The third kappa shape index (κ3) is 18.9. The zero-order valence-corrected chi connectivity index (χ0v) is 25.5. The maximum Gasteiger partial charge on any atom is 0.536 e. The minimum absolute atomic E-state index is 0.404. The molecule has 0 bridgehead atoms. The Hall–Kier alpha value is 0.0269. The van der Waals surface area contributed by atoms with E-state index in [4.69, 9.17) is 13.3 Å². The van der Waals surface area contributed by atoms with E-state index in [2.05, 4.69) is 13.8 Å². The lowest BCUT2D eigenvalue weighted by molar-refractivity contribution is 0.0799. The van der Waals surface area contributed by atoms with E-state index in [1.807, 2.05) is 0 Å². The molecule has 0 saturated heterocycles. The van der Waals surface area contributed by atoms with Crippen molar-refractivity contribution in [1.82, 2.24) is 0 Å². The first-order chi connectivity index (χ1) is 17.1. The van der Waals surface area contributed by atoms with Gasteiger partial charge in [0.15, 0.2) is 5.79 Å². The first kappa shape index (κ1) is 35.0. The molecule has 0 aliphatic heterocycles. The van der Waals surface area contributed by atoms with Crippen molar-refractivity contribution < 1.29 is 17.7 Å². The smallest absolute Gasteiger partial charge is 0.375 e. The van der Waals surface area contributed by atoms with Crippen LogP contribution in [0, 0.1) is 5.92 Å². The van der Waals surface area contributed by atoms with Crippen molar-refractivity contribution in [3.05, 3.63) is 0 Å². The molecule has 2 atom stereocenters. The highest BCUT2D eigenvalue weighted by Gasteiger charge is 2.48. The maximum atomic E-state index is 15.2. The van der Waals surface area contributed by atoms with Crippen molar-refractivity contribution in [3.8, 4) is 0 Å². The van der Waals surface area contributed by atoms with E-state index in [9.17, 15) is 0 Å². The van der Waals surface area contributed by atoms with Gasteiger partial charge in [-0.05, 0) is 12.3 Å². The van der Waals surface area contributed by atoms with Gasteiger partial charge >= 0.3 is 8.80 Å². The van der Waals surface area contributed by atoms with Crippen molar-refractivity contribution in [2.75, 3.05) is 21.3 Å². The molecule has 0 N–H and O–H groups in total. The molecule has 0 spiro atoms. The topological polar surface area (TPSA) is 27.7 Å². The fraction of sp³-hybridized carbons (Fsp3) is 1.00. The van der Waals surface area contributed by atoms with Gasteiger partial charge in [-0.3, -0.25) is 0 Å². The minimum atomic E-state index is -3.20. The highest BCUT2D eigenvalue weighted by Crippen LogP contribution is 2.29. The molecule has 3 nitrogen and oxygen atoms in total. The Morgan fingerprint density at radius 3 is 1.06 bits per heavy atom. The Morgan fingerprint density at radius 1 is 0.486 bits per heavy atom. The first-order valence-corrected chi connectivity index (χ1v) is 17.2. The van der Waals surface area contributed by atoms with Crippen molar-refractivity contribution in [3.63, 3.8) is 0 Å². The number of rotatable bonds is 28. The molecule has 0 aromatic carbocycles. The summed E-state index contributed by atoms with van der Waals surface area (Å²) in [5, 5.41) is 0. The third-order valence-electron chi connectivity index (χ3n) is 7.71. The second-order valence-corrected chi connectivity index (χ2v) is 13.8. The van der Waals surface area contributed by atoms with Gasteiger partial charge in [-0.15, -0.1) is 0 Å². The normalized spacial score (nSPS) is 13.9. The van der Waals surface area contributed by atoms with Gasteiger partial charge in [-0.25, -0.2) is 4.39 Å². The van der Waals surface area contributed by atoms with E-state index in [0.29, 0.717) is 12.3 Å². The second kappa shape index (κ2) is 25.7. The summed E-state index contributed by atoms with van der Waals surface area (Å²) in [6, 6.07) is 0. The first-order valence-electron chi connectivity index (χ1n) is 15.4. The Labute approximate surface area is 221 Å². The molecule has 212 valence electrons. The van der Waals surface area contributed by atoms with E-state index in [1.54, 1.807) is 0 Å². The van der Waals surface area contributed by atoms with Gasteiger partial charge in [0.2, 0.25) is 0 Å². The van der Waals surface area contributed by atoms with Gasteiger partial charge in [-0.2, -0.15) is 0 Å². The van der Waals surface area contributed by atoms with Crippen LogP contribution in [0.5, 0.6) is 0 Å². The lowest BCUT2D eigenvalue weighted by atomic mass is 9.92. The SMILES string of the molecule is CCCCCCCCCCCCCCCCCC(CCCCCCC)CC(F)[Si](OC)(OC)OC. The number of unbranched alkanes of at least 4 members (excludes halogenated alkanes) is 18. The molecule has 0 aliphatic carbocycles. The summed E-state index contributed by atoms with van der Waals surface area (Å²) in [6.45, 7) is 4.53. The average molecular weight is 519 g/mol. The number of hydrogen-bond donors (Lipinski definition) is 0. The zero-order chi connectivity index (χ0) is 26.0. The Bertz CT molecular complexity index is 412. The van der Waals surface area contributed by atoms with E-state index in [-0.39, 0.29) is 0 Å². The standard InChI is InChI=1S/C30H63FO3Si/c1-6-8-10-12-13-14-15-16-17-18-19-20-21-23-25-27-29(26-24-22-11-9-7-2)28-30(31)35(32-3,33-4)34-5/h29-30H,6-28H2,1-5H3. The molecule has 2 unspecified atom stereocenters. The van der Waals surface area contributed by atoms with Gasteiger partial charge in [-0.1, -0.05) is 155 Å². The van der Waals surface area contributed by atoms with E-state index < -0.39 is 14.6 Å². The summed E-state index contributed by atoms with van der Waals surface area (Å²) in [5.41, 5.74) is 0. The van der Waals surface area contributed by atoms with E-state index in [1.165, 1.54) is 150 Å². The summed E-state index contributed by atoms with van der Waals surface area (Å²) in [5.74, 6) is -0.736. The van der Waals surface area contributed by atoms with Crippen molar-refractivity contribution >= 4 is 8.80 Å². The van der Waals surface area contributed by atoms with Crippen LogP contribution in [0.25, 0.3) is 0 Å². The summed E-state index contributed by atoms with van der Waals surface area (Å²) >= 11 is 0. The van der Waals surface area contributed by atoms with Crippen LogP contribution in [0.2, 0.25) is 0 Å². The van der Waals surface area contributed by atoms with Crippen LogP contribution >= 0.6 is 0 Å². The van der Waals surface area contributed by atoms with Crippen LogP contribution in [0.15, 0.2) is 0 Å². The number of halogens is 1. The number of hydrogen-bond acceptors (Lipinski definition) is 3. The van der Waals surface area contributed by atoms with Crippen LogP contribution in [0.1, 0.15) is 162 Å². The molecule has 0 rings (SSSR count). The molecule has 0 aromatic heterocycles. The van der Waals surface area contributed by atoms with Gasteiger partial charge in [0.25, 0.3) is 0 Å². The Kier molecular flexibility index (Phi) is 25.7.